The van der Waals surface area contributed by atoms with Gasteiger partial charge in [-0.25, -0.2) is 0 Å². The van der Waals surface area contributed by atoms with Gasteiger partial charge in [0.15, 0.2) is 11.0 Å². The van der Waals surface area contributed by atoms with E-state index in [4.69, 9.17) is 5.11 Å². The molecule has 0 rings (SSSR count). The summed E-state index contributed by atoms with van der Waals surface area (Å²) in [6.07, 6.45) is 3.56. The lowest BCUT2D eigenvalue weighted by atomic mass is 10.2. The lowest BCUT2D eigenvalue weighted by Gasteiger charge is -1.97. The van der Waals surface area contributed by atoms with Crippen LogP contribution in [0.2, 0.25) is 0 Å². The Kier molecular flexibility index (Phi) is 4.61. The van der Waals surface area contributed by atoms with E-state index in [2.05, 4.69) is 12.6 Å². The van der Waals surface area contributed by atoms with Gasteiger partial charge in [0.25, 0.3) is 0 Å². The van der Waals surface area contributed by atoms with Gasteiger partial charge >= 0.3 is 5.97 Å². The highest BCUT2D eigenvalue weighted by atomic mass is 32.1. The van der Waals surface area contributed by atoms with Gasteiger partial charge in [-0.1, -0.05) is 13.0 Å². The number of hydrogen-bond donors (Lipinski definition) is 2. The van der Waals surface area contributed by atoms with Crippen LogP contribution in [0.1, 0.15) is 13.3 Å². The fraction of sp³-hybridized carbons (Fsp3) is 0.429. The molecule has 0 saturated heterocycles. The van der Waals surface area contributed by atoms with Crippen LogP contribution in [0.3, 0.4) is 0 Å². The van der Waals surface area contributed by atoms with Crippen molar-refractivity contribution < 1.29 is 14.7 Å². The molecule has 4 heteroatoms. The summed E-state index contributed by atoms with van der Waals surface area (Å²) in [4.78, 5) is 21.0. The van der Waals surface area contributed by atoms with E-state index in [1.54, 1.807) is 6.08 Å². The molecule has 1 unspecified atom stereocenters. The second kappa shape index (κ2) is 4.96. The second-order valence-electron chi connectivity index (χ2n) is 1.95. The maximum atomic E-state index is 10.8. The molecule has 0 aliphatic heterocycles. The molecule has 0 aromatic heterocycles. The Morgan fingerprint density at radius 1 is 1.64 bits per heavy atom. The minimum Gasteiger partial charge on any atom is -0.480 e. The molecule has 0 fully saturated rings. The van der Waals surface area contributed by atoms with Crippen molar-refractivity contribution >= 4 is 24.4 Å². The number of carbonyl (C=O) groups excluding carboxylic acids is 1. The standard InChI is InChI=1S/C7H10O3S/c1-2-3-4-5(8)6(11)7(9)10/h3-4,6,11H,2H2,1H3,(H,9,10). The molecule has 1 atom stereocenters. The summed E-state index contributed by atoms with van der Waals surface area (Å²) in [5, 5.41) is 7.10. The fourth-order valence-electron chi connectivity index (χ4n) is 0.447. The van der Waals surface area contributed by atoms with Gasteiger partial charge in [0.05, 0.1) is 0 Å². The van der Waals surface area contributed by atoms with E-state index in [9.17, 15) is 9.59 Å². The van der Waals surface area contributed by atoms with Crippen LogP contribution in [0.5, 0.6) is 0 Å². The van der Waals surface area contributed by atoms with E-state index >= 15 is 0 Å². The zero-order valence-electron chi connectivity index (χ0n) is 6.15. The molecular formula is C7H10O3S. The first-order chi connectivity index (χ1) is 5.09. The van der Waals surface area contributed by atoms with Crippen molar-refractivity contribution in [2.75, 3.05) is 0 Å². The van der Waals surface area contributed by atoms with Gasteiger partial charge in [-0.15, -0.1) is 0 Å². The summed E-state index contributed by atoms with van der Waals surface area (Å²) >= 11 is 3.59. The molecule has 0 saturated carbocycles. The van der Waals surface area contributed by atoms with Gasteiger partial charge in [-0.3, -0.25) is 9.59 Å². The number of carbonyl (C=O) groups is 2. The summed E-state index contributed by atoms with van der Waals surface area (Å²) < 4.78 is 0. The van der Waals surface area contributed by atoms with E-state index in [1.807, 2.05) is 6.92 Å². The quantitative estimate of drug-likeness (QED) is 0.378. The summed E-state index contributed by atoms with van der Waals surface area (Å²) in [6.45, 7) is 1.86. The van der Waals surface area contributed by atoms with Crippen LogP contribution in [0.4, 0.5) is 0 Å². The Labute approximate surface area is 70.5 Å². The highest BCUT2D eigenvalue weighted by Gasteiger charge is 2.18. The van der Waals surface area contributed by atoms with Crippen molar-refractivity contribution in [3.8, 4) is 0 Å². The highest BCUT2D eigenvalue weighted by molar-refractivity contribution is 7.82. The number of thiol groups is 1. The van der Waals surface area contributed by atoms with Gasteiger partial charge in [-0.05, 0) is 12.5 Å². The average Bonchev–Trinajstić information content (AvgIpc) is 1.98. The molecule has 3 nitrogen and oxygen atoms in total. The van der Waals surface area contributed by atoms with E-state index < -0.39 is 17.0 Å². The number of ketones is 1. The molecular weight excluding hydrogens is 164 g/mol. The van der Waals surface area contributed by atoms with Gasteiger partial charge in [0.1, 0.15) is 0 Å². The van der Waals surface area contributed by atoms with Crippen molar-refractivity contribution in [3.05, 3.63) is 12.2 Å². The van der Waals surface area contributed by atoms with Crippen molar-refractivity contribution in [3.63, 3.8) is 0 Å². The molecule has 1 N–H and O–H groups in total. The van der Waals surface area contributed by atoms with Crippen LogP contribution < -0.4 is 0 Å². The van der Waals surface area contributed by atoms with Crippen LogP contribution in [0.15, 0.2) is 12.2 Å². The molecule has 0 amide bonds. The molecule has 0 spiro atoms. The summed E-state index contributed by atoms with van der Waals surface area (Å²) in [7, 11) is 0. The number of carboxylic acid groups (broad SMARTS) is 1. The maximum Gasteiger partial charge on any atom is 0.324 e. The number of allylic oxidation sites excluding steroid dienone is 2. The van der Waals surface area contributed by atoms with Crippen LogP contribution in [0.25, 0.3) is 0 Å². The third-order valence-corrected chi connectivity index (χ3v) is 1.50. The number of hydrogen-bond acceptors (Lipinski definition) is 3. The second-order valence-corrected chi connectivity index (χ2v) is 2.47. The normalized spacial score (nSPS) is 13.3. The molecule has 62 valence electrons. The zero-order chi connectivity index (χ0) is 8.85. The number of aliphatic carboxylic acids is 1. The lowest BCUT2D eigenvalue weighted by Crippen LogP contribution is -2.22. The van der Waals surface area contributed by atoms with Crippen molar-refractivity contribution in [2.24, 2.45) is 0 Å². The molecule has 0 aromatic carbocycles. The lowest BCUT2D eigenvalue weighted by molar-refractivity contribution is -0.138. The van der Waals surface area contributed by atoms with Gasteiger partial charge in [0, 0.05) is 0 Å². The van der Waals surface area contributed by atoms with Crippen LogP contribution >= 0.6 is 12.6 Å². The zero-order valence-corrected chi connectivity index (χ0v) is 7.04. The molecule has 0 aliphatic carbocycles. The first-order valence-corrected chi connectivity index (χ1v) is 3.72. The monoisotopic (exact) mass is 174 g/mol. The summed E-state index contributed by atoms with van der Waals surface area (Å²) in [5.41, 5.74) is 0. The van der Waals surface area contributed by atoms with E-state index in [0.29, 0.717) is 6.42 Å². The largest absolute Gasteiger partial charge is 0.480 e. The van der Waals surface area contributed by atoms with Gasteiger partial charge in [-0.2, -0.15) is 12.6 Å². The van der Waals surface area contributed by atoms with Crippen LogP contribution in [-0.4, -0.2) is 22.1 Å². The third kappa shape index (κ3) is 3.83. The minimum atomic E-state index is -1.22. The Bertz CT molecular complexity index is 186. The predicted octanol–water partition coefficient (Wildman–Crippen LogP) is 0.905. The predicted molar refractivity (Wildman–Crippen MR) is 44.8 cm³/mol. The third-order valence-electron chi connectivity index (χ3n) is 1.02. The van der Waals surface area contributed by atoms with Crippen molar-refractivity contribution in [2.45, 2.75) is 18.6 Å². The first kappa shape index (κ1) is 10.2. The molecule has 0 aliphatic rings. The van der Waals surface area contributed by atoms with Gasteiger partial charge in [0.2, 0.25) is 0 Å². The molecule has 0 heterocycles. The first-order valence-electron chi connectivity index (χ1n) is 3.20. The maximum absolute atomic E-state index is 10.8. The van der Waals surface area contributed by atoms with Crippen LogP contribution in [-0.2, 0) is 9.59 Å². The van der Waals surface area contributed by atoms with Crippen molar-refractivity contribution in [1.82, 2.24) is 0 Å². The molecule has 0 bridgehead atoms. The molecule has 11 heavy (non-hydrogen) atoms. The van der Waals surface area contributed by atoms with Crippen LogP contribution in [0, 0.1) is 0 Å². The SMILES string of the molecule is CCC=CC(=O)C(S)C(=O)O. The topological polar surface area (TPSA) is 54.4 Å². The van der Waals surface area contributed by atoms with E-state index in [-0.39, 0.29) is 0 Å². The molecule has 0 aromatic rings. The summed E-state index contributed by atoms with van der Waals surface area (Å²) in [6, 6.07) is 0. The Morgan fingerprint density at radius 3 is 2.55 bits per heavy atom. The number of rotatable bonds is 4. The van der Waals surface area contributed by atoms with E-state index in [0.717, 1.165) is 0 Å². The smallest absolute Gasteiger partial charge is 0.324 e. The average molecular weight is 174 g/mol. The van der Waals surface area contributed by atoms with Crippen molar-refractivity contribution in [1.29, 1.82) is 0 Å². The molecule has 0 radical (unpaired) electrons. The van der Waals surface area contributed by atoms with E-state index in [1.165, 1.54) is 6.08 Å². The Hall–Kier alpha value is -0.770. The minimum absolute atomic E-state index is 0.484. The number of carboxylic acids is 1. The highest BCUT2D eigenvalue weighted by Crippen LogP contribution is 1.98. The van der Waals surface area contributed by atoms with Gasteiger partial charge < -0.3 is 5.11 Å². The summed E-state index contributed by atoms with van der Waals surface area (Å²) in [5.74, 6) is -1.69. The Morgan fingerprint density at radius 2 is 2.18 bits per heavy atom. The fourth-order valence-corrected chi connectivity index (χ4v) is 0.533. The Balaban J connectivity index is 4.03.